The Labute approximate surface area is 123 Å². The minimum atomic E-state index is -2.77. The van der Waals surface area contributed by atoms with Crippen LogP contribution >= 0.6 is 0 Å². The van der Waals surface area contributed by atoms with Crippen molar-refractivity contribution in [2.75, 3.05) is 31.3 Å². The molecule has 2 atom stereocenters. The van der Waals surface area contributed by atoms with Gasteiger partial charge in [-0.05, 0) is 50.5 Å². The third kappa shape index (κ3) is 5.70. The van der Waals surface area contributed by atoms with Crippen LogP contribution in [0.3, 0.4) is 0 Å². The normalized spacial score (nSPS) is 26.8. The maximum atomic E-state index is 11.7. The topological polar surface area (TPSA) is 55.4 Å². The number of nitrogens with one attached hydrogen (secondary N) is 1. The average Bonchev–Trinajstić information content (AvgIpc) is 3.16. The van der Waals surface area contributed by atoms with E-state index in [9.17, 15) is 8.42 Å². The highest BCUT2D eigenvalue weighted by atomic mass is 32.2. The molecule has 1 saturated heterocycles. The fraction of sp³-hybridized carbons (Fsp3) is 1.00. The number of unbranched alkanes of at least 4 members (excludes halogenated alkanes) is 1. The molecule has 2 aliphatic rings. The number of rotatable bonds is 10. The Kier molecular flexibility index (Phi) is 6.30. The van der Waals surface area contributed by atoms with Crippen LogP contribution in [-0.2, 0) is 14.6 Å². The van der Waals surface area contributed by atoms with Crippen molar-refractivity contribution in [2.24, 2.45) is 11.8 Å². The minimum Gasteiger partial charge on any atom is -0.381 e. The zero-order valence-corrected chi connectivity index (χ0v) is 13.5. The zero-order valence-electron chi connectivity index (χ0n) is 12.6. The Hall–Kier alpha value is -0.130. The molecule has 1 saturated carbocycles. The lowest BCUT2D eigenvalue weighted by Gasteiger charge is -2.23. The van der Waals surface area contributed by atoms with E-state index in [-0.39, 0.29) is 0 Å². The van der Waals surface area contributed by atoms with Crippen molar-refractivity contribution in [3.05, 3.63) is 0 Å². The van der Waals surface area contributed by atoms with E-state index in [0.29, 0.717) is 29.4 Å². The van der Waals surface area contributed by atoms with Gasteiger partial charge in [0.1, 0.15) is 0 Å². The van der Waals surface area contributed by atoms with Gasteiger partial charge in [0, 0.05) is 19.3 Å². The van der Waals surface area contributed by atoms with Crippen molar-refractivity contribution in [2.45, 2.75) is 51.5 Å². The fourth-order valence-corrected chi connectivity index (χ4v) is 4.81. The molecule has 1 heterocycles. The Morgan fingerprint density at radius 2 is 2.05 bits per heavy atom. The smallest absolute Gasteiger partial charge is 0.150 e. The van der Waals surface area contributed by atoms with Gasteiger partial charge in [-0.25, -0.2) is 8.42 Å². The van der Waals surface area contributed by atoms with Gasteiger partial charge in [0.05, 0.1) is 11.5 Å². The maximum Gasteiger partial charge on any atom is 0.150 e. The van der Waals surface area contributed by atoms with Crippen LogP contribution in [0.1, 0.15) is 45.4 Å². The molecule has 0 aromatic heterocycles. The van der Waals surface area contributed by atoms with Crippen molar-refractivity contribution in [3.63, 3.8) is 0 Å². The predicted molar refractivity (Wildman–Crippen MR) is 81.6 cm³/mol. The summed E-state index contributed by atoms with van der Waals surface area (Å²) in [4.78, 5) is 0. The third-order valence-electron chi connectivity index (χ3n) is 4.46. The van der Waals surface area contributed by atoms with Gasteiger partial charge in [0.15, 0.2) is 9.84 Å². The highest BCUT2D eigenvalue weighted by molar-refractivity contribution is 7.91. The molecule has 118 valence electrons. The lowest BCUT2D eigenvalue weighted by atomic mass is 9.89. The highest BCUT2D eigenvalue weighted by Crippen LogP contribution is 2.29. The first kappa shape index (κ1) is 16.2. The zero-order chi connectivity index (χ0) is 14.4. The first-order valence-electron chi connectivity index (χ1n) is 8.12. The quantitative estimate of drug-likeness (QED) is 0.627. The summed E-state index contributed by atoms with van der Waals surface area (Å²) in [5.74, 6) is 1.56. The standard InChI is InChI=1S/C15H29NO3S/c1-2-3-8-19-9-6-13(11-16-15-4-5-15)14-7-10-20(17,18)12-14/h13-16H,2-12H2,1H3. The van der Waals surface area contributed by atoms with Crippen LogP contribution in [0.5, 0.6) is 0 Å². The molecule has 2 rings (SSSR count). The number of hydrogen-bond donors (Lipinski definition) is 1. The van der Waals surface area contributed by atoms with Gasteiger partial charge in [-0.3, -0.25) is 0 Å². The predicted octanol–water partition coefficient (Wildman–Crippen LogP) is 2.00. The van der Waals surface area contributed by atoms with Crippen molar-refractivity contribution in [1.82, 2.24) is 5.32 Å². The first-order valence-corrected chi connectivity index (χ1v) is 9.94. The molecule has 0 spiro atoms. The second-order valence-electron chi connectivity index (χ2n) is 6.36. The van der Waals surface area contributed by atoms with Gasteiger partial charge in [-0.15, -0.1) is 0 Å². The third-order valence-corrected chi connectivity index (χ3v) is 6.25. The summed E-state index contributed by atoms with van der Waals surface area (Å²) in [5, 5.41) is 3.56. The minimum absolute atomic E-state index is 0.334. The fourth-order valence-electron chi connectivity index (χ4n) is 2.89. The molecule has 0 bridgehead atoms. The van der Waals surface area contributed by atoms with Gasteiger partial charge < -0.3 is 10.1 Å². The molecule has 20 heavy (non-hydrogen) atoms. The van der Waals surface area contributed by atoms with E-state index in [1.54, 1.807) is 0 Å². The van der Waals surface area contributed by atoms with Crippen molar-refractivity contribution in [1.29, 1.82) is 0 Å². The molecule has 1 aliphatic carbocycles. The van der Waals surface area contributed by atoms with Crippen LogP contribution in [0.2, 0.25) is 0 Å². The van der Waals surface area contributed by atoms with Gasteiger partial charge in [-0.2, -0.15) is 0 Å². The van der Waals surface area contributed by atoms with Crippen LogP contribution in [0.15, 0.2) is 0 Å². The van der Waals surface area contributed by atoms with Gasteiger partial charge in [-0.1, -0.05) is 13.3 Å². The Bertz CT molecular complexity index is 379. The monoisotopic (exact) mass is 303 g/mol. The molecular formula is C15H29NO3S. The summed E-state index contributed by atoms with van der Waals surface area (Å²) in [6.45, 7) is 4.73. The highest BCUT2D eigenvalue weighted by Gasteiger charge is 2.34. The van der Waals surface area contributed by atoms with E-state index < -0.39 is 9.84 Å². The molecule has 4 nitrogen and oxygen atoms in total. The van der Waals surface area contributed by atoms with E-state index in [2.05, 4.69) is 12.2 Å². The van der Waals surface area contributed by atoms with E-state index in [4.69, 9.17) is 4.74 Å². The number of sulfone groups is 1. The molecule has 2 fully saturated rings. The summed E-state index contributed by atoms with van der Waals surface area (Å²) < 4.78 is 29.0. The van der Waals surface area contributed by atoms with E-state index >= 15 is 0 Å². The second-order valence-corrected chi connectivity index (χ2v) is 8.59. The van der Waals surface area contributed by atoms with Crippen LogP contribution in [0.25, 0.3) is 0 Å². The second kappa shape index (κ2) is 7.76. The van der Waals surface area contributed by atoms with Crippen molar-refractivity contribution < 1.29 is 13.2 Å². The summed E-state index contributed by atoms with van der Waals surface area (Å²) >= 11 is 0. The summed E-state index contributed by atoms with van der Waals surface area (Å²) in [6, 6.07) is 0.691. The van der Waals surface area contributed by atoms with E-state index in [1.807, 2.05) is 0 Å². The molecule has 0 radical (unpaired) electrons. The first-order chi connectivity index (χ1) is 9.61. The molecule has 0 aromatic carbocycles. The van der Waals surface area contributed by atoms with Gasteiger partial charge in [0.25, 0.3) is 0 Å². The van der Waals surface area contributed by atoms with Crippen LogP contribution in [-0.4, -0.2) is 45.7 Å². The lowest BCUT2D eigenvalue weighted by Crippen LogP contribution is -2.31. The lowest BCUT2D eigenvalue weighted by molar-refractivity contribution is 0.109. The average molecular weight is 303 g/mol. The Balaban J connectivity index is 1.74. The number of hydrogen-bond acceptors (Lipinski definition) is 4. The van der Waals surface area contributed by atoms with Crippen molar-refractivity contribution in [3.8, 4) is 0 Å². The maximum absolute atomic E-state index is 11.7. The van der Waals surface area contributed by atoms with Crippen LogP contribution in [0, 0.1) is 11.8 Å². The molecule has 1 N–H and O–H groups in total. The SMILES string of the molecule is CCCCOCCC(CNC1CC1)C1CCS(=O)(=O)C1. The van der Waals surface area contributed by atoms with Crippen LogP contribution in [0.4, 0.5) is 0 Å². The largest absolute Gasteiger partial charge is 0.381 e. The Morgan fingerprint density at radius 1 is 1.25 bits per heavy atom. The molecule has 2 unspecified atom stereocenters. The molecular weight excluding hydrogens is 274 g/mol. The van der Waals surface area contributed by atoms with E-state index in [1.165, 1.54) is 12.8 Å². The molecule has 1 aliphatic heterocycles. The Morgan fingerprint density at radius 3 is 2.65 bits per heavy atom. The van der Waals surface area contributed by atoms with Gasteiger partial charge >= 0.3 is 0 Å². The van der Waals surface area contributed by atoms with Crippen LogP contribution < -0.4 is 5.32 Å². The molecule has 5 heteroatoms. The van der Waals surface area contributed by atoms with Gasteiger partial charge in [0.2, 0.25) is 0 Å². The summed E-state index contributed by atoms with van der Waals surface area (Å²) in [7, 11) is -2.77. The summed E-state index contributed by atoms with van der Waals surface area (Å²) in [6.07, 6.45) is 6.67. The van der Waals surface area contributed by atoms with Crippen molar-refractivity contribution >= 4 is 9.84 Å². The summed E-state index contributed by atoms with van der Waals surface area (Å²) in [5.41, 5.74) is 0. The molecule has 0 amide bonds. The van der Waals surface area contributed by atoms with E-state index in [0.717, 1.165) is 45.4 Å². The molecule has 0 aromatic rings. The number of ether oxygens (including phenoxy) is 1.